The Kier molecular flexibility index (Phi) is 3.46. The van der Waals surface area contributed by atoms with Crippen LogP contribution in [0.4, 0.5) is 26.3 Å². The van der Waals surface area contributed by atoms with Gasteiger partial charge in [-0.2, -0.15) is 31.4 Å². The Morgan fingerprint density at radius 1 is 1.18 bits per heavy atom. The Hall–Kier alpha value is -1.25. The SMILES string of the molecule is FC(F)(F)Cn1nc(CC2CC3(CNC3)C2)cc1C(F)(F)F. The molecule has 3 rings (SSSR count). The van der Waals surface area contributed by atoms with Crippen LogP contribution in [0.15, 0.2) is 6.07 Å². The lowest BCUT2D eigenvalue weighted by molar-refractivity contribution is -0.160. The molecule has 9 heteroatoms. The minimum absolute atomic E-state index is 0.0225. The number of hydrogen-bond acceptors (Lipinski definition) is 2. The molecule has 2 aliphatic rings. The molecule has 1 aliphatic carbocycles. The fourth-order valence-corrected chi connectivity index (χ4v) is 3.46. The third-order valence-corrected chi connectivity index (χ3v) is 4.39. The highest BCUT2D eigenvalue weighted by atomic mass is 19.4. The number of nitrogens with zero attached hydrogens (tertiary/aromatic N) is 2. The molecule has 0 bridgehead atoms. The summed E-state index contributed by atoms with van der Waals surface area (Å²) in [5.41, 5.74) is -0.977. The van der Waals surface area contributed by atoms with Gasteiger partial charge in [-0.15, -0.1) is 0 Å². The van der Waals surface area contributed by atoms with Crippen molar-refractivity contribution in [2.75, 3.05) is 13.1 Å². The second kappa shape index (κ2) is 4.87. The third kappa shape index (κ3) is 3.09. The van der Waals surface area contributed by atoms with Crippen LogP contribution in [0.3, 0.4) is 0 Å². The summed E-state index contributed by atoms with van der Waals surface area (Å²) in [4.78, 5) is 0. The smallest absolute Gasteiger partial charge is 0.316 e. The second-order valence-electron chi connectivity index (χ2n) is 6.37. The molecule has 1 saturated heterocycles. The van der Waals surface area contributed by atoms with E-state index in [1.165, 1.54) is 0 Å². The first-order chi connectivity index (χ1) is 10.1. The zero-order chi connectivity index (χ0) is 16.2. The maximum atomic E-state index is 12.8. The average Bonchev–Trinajstić information content (AvgIpc) is 2.60. The van der Waals surface area contributed by atoms with E-state index in [1.807, 2.05) is 0 Å². The molecule has 22 heavy (non-hydrogen) atoms. The van der Waals surface area contributed by atoms with Gasteiger partial charge in [0.05, 0.1) is 5.69 Å². The van der Waals surface area contributed by atoms with E-state index in [-0.39, 0.29) is 21.7 Å². The molecular weight excluding hydrogens is 312 g/mol. The molecule has 3 nitrogen and oxygen atoms in total. The van der Waals surface area contributed by atoms with Gasteiger partial charge in [-0.1, -0.05) is 0 Å². The normalized spacial score (nSPS) is 21.7. The van der Waals surface area contributed by atoms with Gasteiger partial charge < -0.3 is 5.32 Å². The fourth-order valence-electron chi connectivity index (χ4n) is 3.46. The molecular formula is C13H15F6N3. The monoisotopic (exact) mass is 327 g/mol. The van der Waals surface area contributed by atoms with Crippen molar-refractivity contribution in [1.29, 1.82) is 0 Å². The lowest BCUT2D eigenvalue weighted by atomic mass is 9.57. The number of halogens is 6. The summed E-state index contributed by atoms with van der Waals surface area (Å²) < 4.78 is 75.6. The van der Waals surface area contributed by atoms with Crippen molar-refractivity contribution >= 4 is 0 Å². The van der Waals surface area contributed by atoms with Gasteiger partial charge in [-0.3, -0.25) is 4.68 Å². The largest absolute Gasteiger partial charge is 0.433 e. The van der Waals surface area contributed by atoms with E-state index in [2.05, 4.69) is 10.4 Å². The number of rotatable bonds is 3. The molecule has 0 radical (unpaired) electrons. The van der Waals surface area contributed by atoms with Gasteiger partial charge in [0.25, 0.3) is 0 Å². The first kappa shape index (κ1) is 15.6. The molecule has 1 N–H and O–H groups in total. The highest BCUT2D eigenvalue weighted by Crippen LogP contribution is 2.49. The van der Waals surface area contributed by atoms with Crippen molar-refractivity contribution in [3.05, 3.63) is 17.5 Å². The molecule has 0 amide bonds. The molecule has 0 atom stereocenters. The molecule has 1 aliphatic heterocycles. The van der Waals surface area contributed by atoms with Crippen LogP contribution < -0.4 is 5.32 Å². The fraction of sp³-hybridized carbons (Fsp3) is 0.769. The van der Waals surface area contributed by atoms with Gasteiger partial charge in [0.1, 0.15) is 12.2 Å². The number of nitrogens with one attached hydrogen (secondary N) is 1. The summed E-state index contributed by atoms with van der Waals surface area (Å²) in [6.45, 7) is 0.111. The van der Waals surface area contributed by atoms with Gasteiger partial charge in [0.15, 0.2) is 0 Å². The Balaban J connectivity index is 1.72. The first-order valence-electron chi connectivity index (χ1n) is 6.98. The van der Waals surface area contributed by atoms with E-state index in [9.17, 15) is 26.3 Å². The molecule has 1 aromatic rings. The maximum Gasteiger partial charge on any atom is 0.433 e. The average molecular weight is 327 g/mol. The quantitative estimate of drug-likeness (QED) is 0.865. The maximum absolute atomic E-state index is 12.8. The second-order valence-corrected chi connectivity index (χ2v) is 6.37. The standard InChI is InChI=1S/C13H15F6N3/c14-12(15,16)7-22-10(13(17,18)19)2-9(21-22)1-8-3-11(4-8)5-20-6-11/h2,8,20H,1,3-7H2. The van der Waals surface area contributed by atoms with E-state index >= 15 is 0 Å². The van der Waals surface area contributed by atoms with Crippen molar-refractivity contribution in [1.82, 2.24) is 15.1 Å². The van der Waals surface area contributed by atoms with Crippen LogP contribution in [0.5, 0.6) is 0 Å². The van der Waals surface area contributed by atoms with E-state index in [0.29, 0.717) is 6.42 Å². The van der Waals surface area contributed by atoms with Gasteiger partial charge in [-0.05, 0) is 36.7 Å². The molecule has 1 saturated carbocycles. The number of hydrogen-bond donors (Lipinski definition) is 1. The molecule has 1 aromatic heterocycles. The van der Waals surface area contributed by atoms with Crippen LogP contribution >= 0.6 is 0 Å². The lowest BCUT2D eigenvalue weighted by Crippen LogP contribution is -2.60. The number of aromatic nitrogens is 2. The summed E-state index contributed by atoms with van der Waals surface area (Å²) in [7, 11) is 0. The van der Waals surface area contributed by atoms with E-state index < -0.39 is 24.6 Å². The molecule has 124 valence electrons. The minimum Gasteiger partial charge on any atom is -0.316 e. The molecule has 0 aromatic carbocycles. The summed E-state index contributed by atoms with van der Waals surface area (Å²) in [6, 6.07) is 0.746. The van der Waals surface area contributed by atoms with Gasteiger partial charge in [0.2, 0.25) is 0 Å². The minimum atomic E-state index is -4.84. The van der Waals surface area contributed by atoms with Crippen LogP contribution in [0.1, 0.15) is 24.2 Å². The van der Waals surface area contributed by atoms with Gasteiger partial charge in [0, 0.05) is 13.1 Å². The molecule has 2 heterocycles. The van der Waals surface area contributed by atoms with E-state index in [0.717, 1.165) is 32.0 Å². The Morgan fingerprint density at radius 2 is 1.82 bits per heavy atom. The Bertz CT molecular complexity index is 547. The van der Waals surface area contributed by atoms with E-state index in [1.54, 1.807) is 0 Å². The summed E-state index contributed by atoms with van der Waals surface area (Å²) >= 11 is 0. The number of alkyl halides is 6. The topological polar surface area (TPSA) is 29.9 Å². The first-order valence-corrected chi connectivity index (χ1v) is 6.98. The highest BCUT2D eigenvalue weighted by Gasteiger charge is 2.48. The van der Waals surface area contributed by atoms with Crippen molar-refractivity contribution in [2.24, 2.45) is 11.3 Å². The Labute approximate surface area is 122 Å². The molecule has 0 unspecified atom stereocenters. The lowest BCUT2D eigenvalue weighted by Gasteiger charge is -2.54. The summed E-state index contributed by atoms with van der Waals surface area (Å²) in [6.07, 6.45) is -7.48. The summed E-state index contributed by atoms with van der Waals surface area (Å²) in [5.74, 6) is 0.206. The van der Waals surface area contributed by atoms with Crippen LogP contribution in [-0.2, 0) is 19.1 Å². The predicted octanol–water partition coefficient (Wildman–Crippen LogP) is 3.01. The Morgan fingerprint density at radius 3 is 2.27 bits per heavy atom. The third-order valence-electron chi connectivity index (χ3n) is 4.39. The van der Waals surface area contributed by atoms with Crippen LogP contribution in [0.25, 0.3) is 0 Å². The van der Waals surface area contributed by atoms with Crippen LogP contribution in [0.2, 0.25) is 0 Å². The van der Waals surface area contributed by atoms with Crippen molar-refractivity contribution in [2.45, 2.75) is 38.2 Å². The molecule has 2 fully saturated rings. The summed E-state index contributed by atoms with van der Waals surface area (Å²) in [5, 5.41) is 6.69. The van der Waals surface area contributed by atoms with Crippen molar-refractivity contribution in [3.63, 3.8) is 0 Å². The predicted molar refractivity (Wildman–Crippen MR) is 65.0 cm³/mol. The van der Waals surface area contributed by atoms with Gasteiger partial charge in [-0.25, -0.2) is 0 Å². The van der Waals surface area contributed by atoms with Gasteiger partial charge >= 0.3 is 12.4 Å². The van der Waals surface area contributed by atoms with Crippen molar-refractivity contribution in [3.8, 4) is 0 Å². The highest BCUT2D eigenvalue weighted by molar-refractivity contribution is 5.16. The zero-order valence-electron chi connectivity index (χ0n) is 11.6. The molecule has 1 spiro atoms. The zero-order valence-corrected chi connectivity index (χ0v) is 11.6. The van der Waals surface area contributed by atoms with E-state index in [4.69, 9.17) is 0 Å². The van der Waals surface area contributed by atoms with Crippen LogP contribution in [0, 0.1) is 11.3 Å². The van der Waals surface area contributed by atoms with Crippen LogP contribution in [-0.4, -0.2) is 29.0 Å². The van der Waals surface area contributed by atoms with Crippen molar-refractivity contribution < 1.29 is 26.3 Å².